The fourth-order valence-corrected chi connectivity index (χ4v) is 3.44. The molecule has 144 valence electrons. The van der Waals surface area contributed by atoms with E-state index in [1.165, 1.54) is 11.3 Å². The number of unbranched alkanes of at least 4 members (excludes halogenated alkanes) is 1. The molecular weight excluding hydrogens is 336 g/mol. The number of nitrogens with zero attached hydrogens (tertiary/aromatic N) is 4. The van der Waals surface area contributed by atoms with Crippen molar-refractivity contribution >= 4 is 17.4 Å². The molecular formula is C22H30N4O. The van der Waals surface area contributed by atoms with Crippen LogP contribution in [0.25, 0.3) is 0 Å². The molecule has 1 amide bonds. The van der Waals surface area contributed by atoms with E-state index in [9.17, 15) is 4.79 Å². The number of anilines is 2. The lowest BCUT2D eigenvalue weighted by Gasteiger charge is -2.36. The molecule has 3 rings (SSSR count). The maximum Gasteiger partial charge on any atom is 0.254 e. The van der Waals surface area contributed by atoms with E-state index in [2.05, 4.69) is 52.9 Å². The van der Waals surface area contributed by atoms with Crippen molar-refractivity contribution in [3.8, 4) is 0 Å². The maximum atomic E-state index is 12.9. The second kappa shape index (κ2) is 8.89. The first-order valence-electron chi connectivity index (χ1n) is 9.86. The third-order valence-electron chi connectivity index (χ3n) is 5.16. The quantitative estimate of drug-likeness (QED) is 0.783. The van der Waals surface area contributed by atoms with Crippen molar-refractivity contribution in [2.45, 2.75) is 26.7 Å². The lowest BCUT2D eigenvalue weighted by molar-refractivity contribution is 0.0746. The highest BCUT2D eigenvalue weighted by Gasteiger charge is 2.23. The van der Waals surface area contributed by atoms with Gasteiger partial charge in [-0.05, 0) is 43.2 Å². The van der Waals surface area contributed by atoms with Crippen LogP contribution in [0, 0.1) is 6.92 Å². The fourth-order valence-electron chi connectivity index (χ4n) is 3.44. The van der Waals surface area contributed by atoms with Crippen molar-refractivity contribution in [3.63, 3.8) is 0 Å². The van der Waals surface area contributed by atoms with Gasteiger partial charge in [-0.3, -0.25) is 4.79 Å². The van der Waals surface area contributed by atoms with Crippen LogP contribution in [0.15, 0.2) is 42.6 Å². The van der Waals surface area contributed by atoms with Gasteiger partial charge in [0.05, 0.1) is 0 Å². The molecule has 0 radical (unpaired) electrons. The van der Waals surface area contributed by atoms with E-state index in [0.29, 0.717) is 0 Å². The molecule has 5 nitrogen and oxygen atoms in total. The lowest BCUT2D eigenvalue weighted by atomic mass is 10.1. The Kier molecular flexibility index (Phi) is 6.32. The Labute approximate surface area is 162 Å². The molecule has 2 heterocycles. The van der Waals surface area contributed by atoms with Crippen LogP contribution >= 0.6 is 0 Å². The van der Waals surface area contributed by atoms with Crippen LogP contribution in [-0.4, -0.2) is 55.6 Å². The van der Waals surface area contributed by atoms with Crippen molar-refractivity contribution in [2.24, 2.45) is 0 Å². The van der Waals surface area contributed by atoms with E-state index in [-0.39, 0.29) is 5.91 Å². The number of aryl methyl sites for hydroxylation is 1. The first-order valence-corrected chi connectivity index (χ1v) is 9.86. The predicted octanol–water partition coefficient (Wildman–Crippen LogP) is 3.59. The van der Waals surface area contributed by atoms with Crippen molar-refractivity contribution in [1.29, 1.82) is 0 Å². The fraction of sp³-hybridized carbons (Fsp3) is 0.455. The topological polar surface area (TPSA) is 39.7 Å². The Bertz CT molecular complexity index is 768. The van der Waals surface area contributed by atoms with Gasteiger partial charge in [0.25, 0.3) is 5.91 Å². The highest BCUT2D eigenvalue weighted by Crippen LogP contribution is 2.19. The Balaban J connectivity index is 1.62. The molecule has 0 unspecified atom stereocenters. The Morgan fingerprint density at radius 3 is 2.63 bits per heavy atom. The minimum Gasteiger partial charge on any atom is -0.368 e. The van der Waals surface area contributed by atoms with Gasteiger partial charge in [0, 0.05) is 57.2 Å². The van der Waals surface area contributed by atoms with Gasteiger partial charge in [0.15, 0.2) is 0 Å². The lowest BCUT2D eigenvalue weighted by Crippen LogP contribution is -2.48. The number of carbonyl (C=O) groups is 1. The monoisotopic (exact) mass is 366 g/mol. The van der Waals surface area contributed by atoms with Crippen molar-refractivity contribution < 1.29 is 4.79 Å². The molecule has 1 aromatic heterocycles. The summed E-state index contributed by atoms with van der Waals surface area (Å²) < 4.78 is 0. The number of carbonyl (C=O) groups excluding carboxylic acids is 1. The van der Waals surface area contributed by atoms with Crippen molar-refractivity contribution in [3.05, 3.63) is 53.7 Å². The Morgan fingerprint density at radius 2 is 1.93 bits per heavy atom. The van der Waals surface area contributed by atoms with Gasteiger partial charge in [-0.15, -0.1) is 0 Å². The number of aromatic nitrogens is 1. The molecule has 2 aromatic rings. The zero-order valence-electron chi connectivity index (χ0n) is 16.7. The smallest absolute Gasteiger partial charge is 0.254 e. The van der Waals surface area contributed by atoms with E-state index in [0.717, 1.165) is 56.9 Å². The largest absolute Gasteiger partial charge is 0.368 e. The molecule has 0 N–H and O–H groups in total. The van der Waals surface area contributed by atoms with Gasteiger partial charge in [-0.2, -0.15) is 0 Å². The van der Waals surface area contributed by atoms with Crippen LogP contribution in [0.4, 0.5) is 11.5 Å². The number of benzene rings is 1. The first kappa shape index (κ1) is 19.2. The molecule has 0 spiro atoms. The van der Waals surface area contributed by atoms with E-state index in [1.807, 2.05) is 24.1 Å². The van der Waals surface area contributed by atoms with Crippen LogP contribution in [0.2, 0.25) is 0 Å². The van der Waals surface area contributed by atoms with Crippen LogP contribution in [0.3, 0.4) is 0 Å². The zero-order valence-corrected chi connectivity index (χ0v) is 16.7. The molecule has 1 aromatic carbocycles. The SMILES string of the molecule is CCCCN(C)c1cc(C(=O)N2CCN(c3cccc(C)c3)CC2)ccn1. The van der Waals surface area contributed by atoms with Gasteiger partial charge in [-0.25, -0.2) is 4.98 Å². The number of pyridine rings is 1. The molecule has 27 heavy (non-hydrogen) atoms. The summed E-state index contributed by atoms with van der Waals surface area (Å²) in [7, 11) is 2.03. The first-order chi connectivity index (χ1) is 13.1. The second-order valence-electron chi connectivity index (χ2n) is 7.30. The third kappa shape index (κ3) is 4.79. The number of amides is 1. The summed E-state index contributed by atoms with van der Waals surface area (Å²) in [6.07, 6.45) is 4.01. The van der Waals surface area contributed by atoms with Crippen LogP contribution in [0.5, 0.6) is 0 Å². The summed E-state index contributed by atoms with van der Waals surface area (Å²) in [6, 6.07) is 12.3. The zero-order chi connectivity index (χ0) is 19.2. The second-order valence-corrected chi connectivity index (χ2v) is 7.30. The summed E-state index contributed by atoms with van der Waals surface area (Å²) in [5, 5.41) is 0. The van der Waals surface area contributed by atoms with Crippen LogP contribution < -0.4 is 9.80 Å². The maximum absolute atomic E-state index is 12.9. The molecule has 0 atom stereocenters. The summed E-state index contributed by atoms with van der Waals surface area (Å²) in [5.41, 5.74) is 3.24. The molecule has 1 fully saturated rings. The minimum atomic E-state index is 0.103. The molecule has 0 bridgehead atoms. The molecule has 1 saturated heterocycles. The molecule has 1 aliphatic heterocycles. The number of rotatable bonds is 6. The van der Waals surface area contributed by atoms with Gasteiger partial charge < -0.3 is 14.7 Å². The molecule has 0 saturated carbocycles. The van der Waals surface area contributed by atoms with Crippen LogP contribution in [0.1, 0.15) is 35.7 Å². The summed E-state index contributed by atoms with van der Waals surface area (Å²) >= 11 is 0. The summed E-state index contributed by atoms with van der Waals surface area (Å²) in [5.74, 6) is 0.971. The van der Waals surface area contributed by atoms with Gasteiger partial charge >= 0.3 is 0 Å². The minimum absolute atomic E-state index is 0.103. The summed E-state index contributed by atoms with van der Waals surface area (Å²) in [4.78, 5) is 23.8. The highest BCUT2D eigenvalue weighted by atomic mass is 16.2. The van der Waals surface area contributed by atoms with Gasteiger partial charge in [0.1, 0.15) is 5.82 Å². The standard InChI is InChI=1S/C22H30N4O/c1-4-5-11-24(3)21-17-19(9-10-23-21)22(27)26-14-12-25(13-15-26)20-8-6-7-18(2)16-20/h6-10,16-17H,4-5,11-15H2,1-3H3. The normalized spacial score (nSPS) is 14.3. The molecule has 5 heteroatoms. The van der Waals surface area contributed by atoms with E-state index < -0.39 is 0 Å². The Hall–Kier alpha value is -2.56. The van der Waals surface area contributed by atoms with Crippen molar-refractivity contribution in [2.75, 3.05) is 49.6 Å². The number of hydrogen-bond acceptors (Lipinski definition) is 4. The van der Waals surface area contributed by atoms with Gasteiger partial charge in [0.2, 0.25) is 0 Å². The van der Waals surface area contributed by atoms with E-state index in [4.69, 9.17) is 0 Å². The molecule has 1 aliphatic rings. The van der Waals surface area contributed by atoms with E-state index in [1.54, 1.807) is 6.20 Å². The average Bonchev–Trinajstić information content (AvgIpc) is 2.71. The highest BCUT2D eigenvalue weighted by molar-refractivity contribution is 5.95. The average molecular weight is 367 g/mol. The summed E-state index contributed by atoms with van der Waals surface area (Å²) in [6.45, 7) is 8.47. The molecule has 0 aliphatic carbocycles. The van der Waals surface area contributed by atoms with Gasteiger partial charge in [-0.1, -0.05) is 25.5 Å². The van der Waals surface area contributed by atoms with Crippen LogP contribution in [-0.2, 0) is 0 Å². The predicted molar refractivity (Wildman–Crippen MR) is 112 cm³/mol. The Morgan fingerprint density at radius 1 is 1.15 bits per heavy atom. The number of piperazine rings is 1. The van der Waals surface area contributed by atoms with E-state index >= 15 is 0 Å². The third-order valence-corrected chi connectivity index (χ3v) is 5.16. The number of hydrogen-bond donors (Lipinski definition) is 0. The van der Waals surface area contributed by atoms with Crippen molar-refractivity contribution in [1.82, 2.24) is 9.88 Å².